The molecule has 0 atom stereocenters. The number of aromatic nitrogens is 3. The molecular weight excluding hydrogens is 260 g/mol. The van der Waals surface area contributed by atoms with Crippen molar-refractivity contribution in [2.75, 3.05) is 11.9 Å². The van der Waals surface area contributed by atoms with Crippen LogP contribution in [0.25, 0.3) is 0 Å². The third-order valence-electron chi connectivity index (χ3n) is 2.84. The zero-order valence-corrected chi connectivity index (χ0v) is 12.4. The maximum absolute atomic E-state index is 12.1. The first-order valence-electron chi connectivity index (χ1n) is 6.57. The van der Waals surface area contributed by atoms with Gasteiger partial charge in [0.25, 0.3) is 0 Å². The molecule has 0 saturated carbocycles. The van der Waals surface area contributed by atoms with Crippen LogP contribution in [0.1, 0.15) is 38.1 Å². The lowest BCUT2D eigenvalue weighted by Crippen LogP contribution is -2.25. The molecule has 0 aromatic carbocycles. The van der Waals surface area contributed by atoms with Gasteiger partial charge in [0.2, 0.25) is 0 Å². The molecule has 2 rings (SSSR count). The van der Waals surface area contributed by atoms with Crippen LogP contribution in [0.3, 0.4) is 0 Å². The van der Waals surface area contributed by atoms with Crippen molar-refractivity contribution in [1.29, 1.82) is 0 Å². The summed E-state index contributed by atoms with van der Waals surface area (Å²) in [6.45, 7) is 7.65. The first-order chi connectivity index (χ1) is 9.11. The van der Waals surface area contributed by atoms with E-state index in [2.05, 4.69) is 17.2 Å². The number of nitrogens with one attached hydrogen (secondary N) is 1. The molecule has 0 bridgehead atoms. The van der Waals surface area contributed by atoms with E-state index in [1.165, 1.54) is 0 Å². The molecule has 0 aliphatic carbocycles. The average Bonchev–Trinajstić information content (AvgIpc) is 2.95. The van der Waals surface area contributed by atoms with Crippen LogP contribution >= 0.6 is 11.3 Å². The molecule has 2 aromatic rings. The normalized spacial score (nSPS) is 11.2. The van der Waals surface area contributed by atoms with Crippen LogP contribution in [0, 0.1) is 0 Å². The van der Waals surface area contributed by atoms with Gasteiger partial charge in [0.15, 0.2) is 5.13 Å². The van der Waals surface area contributed by atoms with Gasteiger partial charge in [0, 0.05) is 36.1 Å². The van der Waals surface area contributed by atoms with E-state index in [1.54, 1.807) is 20.5 Å². The van der Waals surface area contributed by atoms with Gasteiger partial charge in [-0.3, -0.25) is 9.13 Å². The van der Waals surface area contributed by atoms with E-state index in [-0.39, 0.29) is 11.7 Å². The van der Waals surface area contributed by atoms with Crippen LogP contribution in [-0.4, -0.2) is 20.7 Å². The van der Waals surface area contributed by atoms with E-state index < -0.39 is 0 Å². The Morgan fingerprint density at radius 3 is 2.84 bits per heavy atom. The largest absolute Gasteiger partial charge is 0.362 e. The van der Waals surface area contributed by atoms with Gasteiger partial charge in [-0.25, -0.2) is 9.78 Å². The highest BCUT2D eigenvalue weighted by Gasteiger charge is 2.08. The highest BCUT2D eigenvalue weighted by atomic mass is 32.1. The Bertz CT molecular complexity index is 581. The van der Waals surface area contributed by atoms with Crippen LogP contribution in [-0.2, 0) is 6.54 Å². The Labute approximate surface area is 116 Å². The molecule has 2 heterocycles. The Kier molecular flexibility index (Phi) is 4.42. The number of nitrogens with zero attached hydrogens (tertiary/aromatic N) is 3. The highest BCUT2D eigenvalue weighted by molar-refractivity contribution is 7.15. The summed E-state index contributed by atoms with van der Waals surface area (Å²) < 4.78 is 3.45. The molecule has 0 spiro atoms. The van der Waals surface area contributed by atoms with Crippen LogP contribution < -0.4 is 11.0 Å². The average molecular weight is 280 g/mol. The first kappa shape index (κ1) is 13.9. The van der Waals surface area contributed by atoms with Gasteiger partial charge in [-0.15, -0.1) is 11.3 Å². The van der Waals surface area contributed by atoms with Crippen LogP contribution in [0.2, 0.25) is 0 Å². The quantitative estimate of drug-likeness (QED) is 0.884. The van der Waals surface area contributed by atoms with Gasteiger partial charge in [-0.1, -0.05) is 6.92 Å². The standard InChI is InChI=1S/C13H20N4OS/c1-4-5-14-12-15-8-11(19-12)9-16-6-7-17(10(2)3)13(16)18/h6-8,10H,4-5,9H2,1-3H3,(H,14,15). The topological polar surface area (TPSA) is 51.9 Å². The molecule has 0 aliphatic heterocycles. The summed E-state index contributed by atoms with van der Waals surface area (Å²) in [6, 6.07) is 0.192. The number of imidazole rings is 1. The van der Waals surface area contributed by atoms with Crippen LogP contribution in [0.5, 0.6) is 0 Å². The summed E-state index contributed by atoms with van der Waals surface area (Å²) in [5, 5.41) is 4.18. The number of hydrogen-bond donors (Lipinski definition) is 1. The molecule has 1 N–H and O–H groups in total. The van der Waals surface area contributed by atoms with Crippen LogP contribution in [0.4, 0.5) is 5.13 Å². The lowest BCUT2D eigenvalue weighted by Gasteiger charge is -2.04. The van der Waals surface area contributed by atoms with E-state index >= 15 is 0 Å². The maximum Gasteiger partial charge on any atom is 0.328 e. The predicted octanol–water partition coefficient (Wildman–Crippen LogP) is 2.56. The summed E-state index contributed by atoms with van der Waals surface area (Å²) in [4.78, 5) is 17.5. The lowest BCUT2D eigenvalue weighted by molar-refractivity contribution is 0.562. The molecule has 104 valence electrons. The van der Waals surface area contributed by atoms with Gasteiger partial charge in [-0.2, -0.15) is 0 Å². The van der Waals surface area contributed by atoms with Crippen molar-refractivity contribution in [3.8, 4) is 0 Å². The second kappa shape index (κ2) is 6.06. The molecular formula is C13H20N4OS. The highest BCUT2D eigenvalue weighted by Crippen LogP contribution is 2.18. The molecule has 0 aliphatic rings. The second-order valence-corrected chi connectivity index (χ2v) is 5.88. The minimum Gasteiger partial charge on any atom is -0.362 e. The fourth-order valence-corrected chi connectivity index (χ4v) is 2.64. The minimum atomic E-state index is 0.0338. The van der Waals surface area contributed by atoms with Gasteiger partial charge in [-0.05, 0) is 20.3 Å². The van der Waals surface area contributed by atoms with Crippen molar-refractivity contribution >= 4 is 16.5 Å². The number of hydrogen-bond acceptors (Lipinski definition) is 4. The summed E-state index contributed by atoms with van der Waals surface area (Å²) in [5.41, 5.74) is 0.0338. The van der Waals surface area contributed by atoms with Gasteiger partial charge < -0.3 is 5.32 Å². The molecule has 0 fully saturated rings. The minimum absolute atomic E-state index is 0.0338. The second-order valence-electron chi connectivity index (χ2n) is 4.77. The predicted molar refractivity (Wildman–Crippen MR) is 79.1 cm³/mol. The number of rotatable bonds is 6. The van der Waals surface area contributed by atoms with E-state index in [1.807, 2.05) is 32.4 Å². The Hall–Kier alpha value is -1.56. The molecule has 0 saturated heterocycles. The van der Waals surface area contributed by atoms with E-state index in [4.69, 9.17) is 0 Å². The lowest BCUT2D eigenvalue weighted by atomic mass is 10.4. The van der Waals surface area contributed by atoms with E-state index in [9.17, 15) is 4.79 Å². The van der Waals surface area contributed by atoms with Crippen molar-refractivity contribution in [2.24, 2.45) is 0 Å². The van der Waals surface area contributed by atoms with Crippen molar-refractivity contribution in [1.82, 2.24) is 14.1 Å². The summed E-state index contributed by atoms with van der Waals surface area (Å²) >= 11 is 1.60. The van der Waals surface area contributed by atoms with E-state index in [0.717, 1.165) is 23.0 Å². The van der Waals surface area contributed by atoms with Crippen LogP contribution in [0.15, 0.2) is 23.4 Å². The molecule has 0 amide bonds. The zero-order valence-electron chi connectivity index (χ0n) is 11.6. The number of anilines is 1. The Morgan fingerprint density at radius 1 is 1.42 bits per heavy atom. The molecule has 19 heavy (non-hydrogen) atoms. The van der Waals surface area contributed by atoms with Crippen molar-refractivity contribution in [3.05, 3.63) is 34.0 Å². The van der Waals surface area contributed by atoms with Crippen molar-refractivity contribution in [3.63, 3.8) is 0 Å². The van der Waals surface area contributed by atoms with Gasteiger partial charge in [0.05, 0.1) is 6.54 Å². The molecule has 2 aromatic heterocycles. The Morgan fingerprint density at radius 2 is 2.21 bits per heavy atom. The van der Waals surface area contributed by atoms with Gasteiger partial charge in [0.1, 0.15) is 0 Å². The smallest absolute Gasteiger partial charge is 0.328 e. The molecule has 0 radical (unpaired) electrons. The van der Waals surface area contributed by atoms with Gasteiger partial charge >= 0.3 is 5.69 Å². The van der Waals surface area contributed by atoms with Crippen molar-refractivity contribution in [2.45, 2.75) is 39.8 Å². The molecule has 6 heteroatoms. The summed E-state index contributed by atoms with van der Waals surface area (Å²) in [6.07, 6.45) is 6.58. The molecule has 0 unspecified atom stereocenters. The third kappa shape index (κ3) is 3.26. The fourth-order valence-electron chi connectivity index (χ4n) is 1.80. The first-order valence-corrected chi connectivity index (χ1v) is 7.39. The summed E-state index contributed by atoms with van der Waals surface area (Å²) in [5.74, 6) is 0. The van der Waals surface area contributed by atoms with Crippen molar-refractivity contribution < 1.29 is 0 Å². The third-order valence-corrected chi connectivity index (χ3v) is 3.78. The summed E-state index contributed by atoms with van der Waals surface area (Å²) in [7, 11) is 0. The SMILES string of the molecule is CCCNc1ncc(Cn2ccn(C(C)C)c2=O)s1. The maximum atomic E-state index is 12.1. The number of thiazole rings is 1. The molecule has 5 nitrogen and oxygen atoms in total. The Balaban J connectivity index is 2.09. The monoisotopic (exact) mass is 280 g/mol. The zero-order chi connectivity index (χ0) is 13.8. The fraction of sp³-hybridized carbons (Fsp3) is 0.538. The van der Waals surface area contributed by atoms with E-state index in [0.29, 0.717) is 6.54 Å².